The summed E-state index contributed by atoms with van der Waals surface area (Å²) in [5, 5.41) is 0.575. The van der Waals surface area contributed by atoms with Crippen LogP contribution < -0.4 is 18.2 Å². The second kappa shape index (κ2) is 8.72. The summed E-state index contributed by atoms with van der Waals surface area (Å²) in [6.45, 7) is 2.65. The number of hydrogen-bond acceptors (Lipinski definition) is 3. The van der Waals surface area contributed by atoms with Crippen molar-refractivity contribution in [1.82, 2.24) is 0 Å². The molecular formula is C13H11F3I4N2OS. The molecule has 2 atom stereocenters. The molecule has 134 valence electrons. The van der Waals surface area contributed by atoms with Crippen molar-refractivity contribution >= 4 is 88.3 Å². The molecule has 1 N–H and O–H groups in total. The van der Waals surface area contributed by atoms with Gasteiger partial charge in [0.15, 0.2) is 0 Å². The molecule has 0 spiro atoms. The third-order valence-corrected chi connectivity index (χ3v) is 7.01. The van der Waals surface area contributed by atoms with Crippen LogP contribution in [0.15, 0.2) is 23.2 Å². The van der Waals surface area contributed by atoms with E-state index in [0.717, 1.165) is 16.6 Å². The third-order valence-electron chi connectivity index (χ3n) is 3.50. The summed E-state index contributed by atoms with van der Waals surface area (Å²) in [4.78, 5) is 17.4. The summed E-state index contributed by atoms with van der Waals surface area (Å²) in [5.41, 5.74) is -0.389. The summed E-state index contributed by atoms with van der Waals surface area (Å²) in [7, 11) is 0. The quantitative estimate of drug-likeness (QED) is 0.345. The van der Waals surface area contributed by atoms with Gasteiger partial charge in [0.2, 0.25) is 0 Å². The van der Waals surface area contributed by atoms with Gasteiger partial charge in [0.1, 0.15) is 12.1 Å². The summed E-state index contributed by atoms with van der Waals surface area (Å²) < 4.78 is 39.0. The number of amidine groups is 1. The van der Waals surface area contributed by atoms with Crippen molar-refractivity contribution in [2.24, 2.45) is 4.99 Å². The Bertz CT molecular complexity index is 686. The van der Waals surface area contributed by atoms with Crippen LogP contribution in [0.5, 0.6) is 0 Å². The molecule has 0 aliphatic carbocycles. The first kappa shape index (κ1) is 21.9. The Kier molecular flexibility index (Phi) is 7.95. The van der Waals surface area contributed by atoms with Gasteiger partial charge in [-0.15, -0.1) is 0 Å². The first-order valence-electron chi connectivity index (χ1n) is 6.48. The number of rotatable bonds is 1. The monoisotopic (exact) mass is 808 g/mol. The van der Waals surface area contributed by atoms with Gasteiger partial charge < -0.3 is 0 Å². The van der Waals surface area contributed by atoms with Crippen LogP contribution in [-0.2, 0) is 6.18 Å². The van der Waals surface area contributed by atoms with Crippen molar-refractivity contribution in [3.8, 4) is 0 Å². The Morgan fingerprint density at radius 3 is 2.58 bits per heavy atom. The fraction of sp³-hybridized carbons (Fsp3) is 0.385. The average Bonchev–Trinajstić information content (AvgIpc) is 2.84. The number of fused-ring (bicyclic) bond motifs is 2. The van der Waals surface area contributed by atoms with Crippen LogP contribution in [0.4, 0.5) is 18.9 Å². The second-order valence-electron chi connectivity index (χ2n) is 5.37. The number of halogens is 7. The van der Waals surface area contributed by atoms with Crippen molar-refractivity contribution in [1.29, 1.82) is 0 Å². The van der Waals surface area contributed by atoms with Gasteiger partial charge in [-0.1, -0.05) is 22.6 Å². The maximum absolute atomic E-state index is 12.8. The van der Waals surface area contributed by atoms with Crippen molar-refractivity contribution in [3.05, 3.63) is 29.3 Å². The van der Waals surface area contributed by atoms with Gasteiger partial charge in [0.25, 0.3) is 5.17 Å². The zero-order valence-corrected chi connectivity index (χ0v) is 21.5. The predicted octanol–water partition coefficient (Wildman–Crippen LogP) is 1.45. The zero-order chi connectivity index (χ0) is 18.1. The van der Waals surface area contributed by atoms with E-state index < -0.39 is 11.7 Å². The van der Waals surface area contributed by atoms with Gasteiger partial charge in [-0.3, -0.25) is 0 Å². The fourth-order valence-electron chi connectivity index (χ4n) is 2.39. The van der Waals surface area contributed by atoms with E-state index >= 15 is 0 Å². The van der Waals surface area contributed by atoms with Gasteiger partial charge in [-0.25, -0.2) is 9.69 Å². The summed E-state index contributed by atoms with van der Waals surface area (Å²) in [5.74, 6) is -0.190. The number of carbonyl (C=O) groups is 1. The number of aliphatic imine (C=N–C) groups is 1. The van der Waals surface area contributed by atoms with Gasteiger partial charge in [0.05, 0.1) is 16.0 Å². The van der Waals surface area contributed by atoms with E-state index in [9.17, 15) is 18.0 Å². The molecule has 2 aliphatic rings. The number of nitrogens with one attached hydrogen (secondary N) is 1. The Balaban J connectivity index is 0.000000647. The van der Waals surface area contributed by atoms with Crippen molar-refractivity contribution < 1.29 is 36.1 Å². The number of quaternary nitrogens is 1. The Labute approximate surface area is 185 Å². The number of amides is 1. The third kappa shape index (κ3) is 4.89. The molecule has 1 aromatic rings. The molecule has 3 nitrogen and oxygen atoms in total. The van der Waals surface area contributed by atoms with Crippen LogP contribution in [0, 0.1) is 0 Å². The van der Waals surface area contributed by atoms with Crippen molar-refractivity contribution in [2.45, 2.75) is 17.8 Å². The molecule has 3 rings (SSSR count). The molecule has 0 saturated carbocycles. The van der Waals surface area contributed by atoms with Gasteiger partial charge >= 0.3 is 62.6 Å². The van der Waals surface area contributed by atoms with E-state index in [2.05, 4.69) is 64.8 Å². The molecular weight excluding hydrogens is 797 g/mol. The summed E-state index contributed by atoms with van der Waals surface area (Å²) in [6.07, 6.45) is -4.43. The van der Waals surface area contributed by atoms with Gasteiger partial charge in [0, 0.05) is 4.43 Å². The number of alkyl halides is 4. The van der Waals surface area contributed by atoms with Crippen LogP contribution in [0.25, 0.3) is 0 Å². The van der Waals surface area contributed by atoms with Crippen LogP contribution in [-0.4, -0.2) is 26.8 Å². The van der Waals surface area contributed by atoms with Crippen LogP contribution in [0.1, 0.15) is 22.8 Å². The van der Waals surface area contributed by atoms with E-state index in [1.165, 1.54) is 17.8 Å². The molecule has 2 unspecified atom stereocenters. The molecule has 0 bridgehead atoms. The van der Waals surface area contributed by atoms with Gasteiger partial charge in [-0.05, 0) is 36.9 Å². The average molecular weight is 808 g/mol. The van der Waals surface area contributed by atoms with E-state index in [0.29, 0.717) is 29.9 Å². The van der Waals surface area contributed by atoms with Crippen LogP contribution in [0.2, 0.25) is 0 Å². The minimum atomic E-state index is -4.43. The summed E-state index contributed by atoms with van der Waals surface area (Å²) >= 11 is 9.03. The van der Waals surface area contributed by atoms with Crippen molar-refractivity contribution in [3.63, 3.8) is 0 Å². The predicted molar refractivity (Wildman–Crippen MR) is 112 cm³/mol. The number of hydrogen-bond donors (Lipinski definition) is 1. The van der Waals surface area contributed by atoms with E-state index in [-0.39, 0.29) is 21.9 Å². The number of thioether (sulfide) groups is 1. The molecule has 2 heterocycles. The fourth-order valence-corrected chi connectivity index (χ4v) is 4.29. The zero-order valence-electron chi connectivity index (χ0n) is 12.1. The molecule has 24 heavy (non-hydrogen) atoms. The first-order chi connectivity index (χ1) is 11.1. The van der Waals surface area contributed by atoms with E-state index in [1.54, 1.807) is 0 Å². The molecule has 1 fully saturated rings. The normalized spacial score (nSPS) is 25.5. The van der Waals surface area contributed by atoms with E-state index in [1.807, 2.05) is 6.92 Å². The standard InChI is InChI=1S/C13H10F3IN2OS.I3/c1-12(5-17)6-19-10(20)8-3-2-7(13(14,15)16)4-9(8)18-11(19)21-12;1-3-2/h2-4H,5-6H2,1H3;/q;-1/p+1. The number of carbonyl (C=O) groups excluding carboxylic acids is 1. The number of benzene rings is 1. The molecule has 2 aliphatic heterocycles. The second-order valence-corrected chi connectivity index (χ2v) is 24.0. The first-order valence-corrected chi connectivity index (χ1v) is 21.4. The maximum atomic E-state index is 12.8. The Morgan fingerprint density at radius 2 is 2.04 bits per heavy atom. The van der Waals surface area contributed by atoms with Crippen LogP contribution in [0.3, 0.4) is 0 Å². The van der Waals surface area contributed by atoms with Crippen molar-refractivity contribution in [2.75, 3.05) is 11.0 Å². The van der Waals surface area contributed by atoms with E-state index in [4.69, 9.17) is 0 Å². The molecule has 1 aromatic carbocycles. The Morgan fingerprint density at radius 1 is 1.42 bits per heavy atom. The molecule has 11 heteroatoms. The molecule has 1 amide bonds. The number of nitrogens with zero attached hydrogens (tertiary/aromatic N) is 1. The topological polar surface area (TPSA) is 33.9 Å². The Hall–Kier alpha value is 1.58. The molecule has 0 radical (unpaired) electrons. The van der Waals surface area contributed by atoms with Gasteiger partial charge in [-0.2, -0.15) is 18.2 Å². The molecule has 0 aromatic heterocycles. The minimum absolute atomic E-state index is 0.112. The SMILES string of the molecule is CC1(CI)C[NH+]2C(=O)c3ccc(C(F)(F)F)cc3N=C2S1.I[I-]I. The summed E-state index contributed by atoms with van der Waals surface area (Å²) in [6, 6.07) is 3.13. The van der Waals surface area contributed by atoms with Crippen LogP contribution >= 0.6 is 71.6 Å². The molecule has 1 saturated heterocycles.